The Balaban J connectivity index is 3.14. The van der Waals surface area contributed by atoms with E-state index in [9.17, 15) is 17.3 Å². The number of nitrogens with zero attached hydrogens (tertiary/aromatic N) is 1. The van der Waals surface area contributed by atoms with Crippen molar-refractivity contribution in [3.05, 3.63) is 18.1 Å². The average molecular weight is 208 g/mol. The van der Waals surface area contributed by atoms with Crippen molar-refractivity contribution in [2.75, 3.05) is 6.61 Å². The molecule has 0 aliphatic rings. The Morgan fingerprint density at radius 2 is 2.07 bits per heavy atom. The Morgan fingerprint density at radius 3 is 2.57 bits per heavy atom. The highest BCUT2D eigenvalue weighted by molar-refractivity contribution is 6.73. The first-order valence-corrected chi connectivity index (χ1v) is 3.94. The summed E-state index contributed by atoms with van der Waals surface area (Å²) in [7, 11) is 0. The van der Waals surface area contributed by atoms with Crippen LogP contribution in [0.3, 0.4) is 0 Å². The molecule has 0 fully saturated rings. The molecular weight excluding hydrogens is 201 g/mol. The van der Waals surface area contributed by atoms with E-state index in [1.807, 2.05) is 0 Å². The Hall–Kier alpha value is -1.27. The van der Waals surface area contributed by atoms with E-state index in [4.69, 9.17) is 0 Å². The topological polar surface area (TPSA) is 22.1 Å². The van der Waals surface area contributed by atoms with Crippen molar-refractivity contribution in [3.8, 4) is 5.88 Å². The number of hydrogen-bond donors (Lipinski definition) is 0. The van der Waals surface area contributed by atoms with E-state index in [1.165, 1.54) is 6.92 Å². The summed E-state index contributed by atoms with van der Waals surface area (Å²) in [6.45, 7) is -3.76. The van der Waals surface area contributed by atoms with E-state index in [1.54, 1.807) is 0 Å². The van der Waals surface area contributed by atoms with Crippen LogP contribution in [0.2, 0.25) is 0 Å². The number of pyridine rings is 1. The fourth-order valence-electron chi connectivity index (χ4n) is 0.929. The normalized spacial score (nSPS) is 11.5. The largest absolute Gasteiger partial charge is 0.512 e. The SMILES string of the molecule is CCOc1nccc([B-](F)(F)F)c1F. The van der Waals surface area contributed by atoms with Crippen LogP contribution in [0.15, 0.2) is 12.3 Å². The molecule has 14 heavy (non-hydrogen) atoms. The summed E-state index contributed by atoms with van der Waals surface area (Å²) >= 11 is 0. The summed E-state index contributed by atoms with van der Waals surface area (Å²) < 4.78 is 54.3. The van der Waals surface area contributed by atoms with Crippen LogP contribution < -0.4 is 10.2 Å². The quantitative estimate of drug-likeness (QED) is 0.556. The minimum absolute atomic E-state index is 0.0677. The molecule has 0 saturated heterocycles. The summed E-state index contributed by atoms with van der Waals surface area (Å²) in [5.41, 5.74) is -1.30. The van der Waals surface area contributed by atoms with Crippen LogP contribution in [0, 0.1) is 5.82 Å². The molecule has 1 rings (SSSR count). The van der Waals surface area contributed by atoms with E-state index < -0.39 is 24.1 Å². The summed E-state index contributed by atoms with van der Waals surface area (Å²) in [6, 6.07) is 0.595. The highest BCUT2D eigenvalue weighted by Gasteiger charge is 2.30. The number of ether oxygens (including phenoxy) is 1. The molecule has 0 spiro atoms. The smallest absolute Gasteiger partial charge is 0.476 e. The summed E-state index contributed by atoms with van der Waals surface area (Å²) in [5.74, 6) is -2.05. The third-order valence-corrected chi connectivity index (χ3v) is 1.52. The second-order valence-electron chi connectivity index (χ2n) is 2.53. The molecular formula is C7H7BF4NO-. The van der Waals surface area contributed by atoms with Crippen molar-refractivity contribution < 1.29 is 22.1 Å². The molecule has 0 unspecified atom stereocenters. The molecule has 1 heterocycles. The van der Waals surface area contributed by atoms with E-state index in [0.717, 1.165) is 6.20 Å². The maximum atomic E-state index is 13.1. The molecule has 0 atom stereocenters. The molecule has 0 radical (unpaired) electrons. The van der Waals surface area contributed by atoms with Gasteiger partial charge in [0, 0.05) is 6.20 Å². The molecule has 1 aromatic heterocycles. The minimum atomic E-state index is -5.36. The zero-order chi connectivity index (χ0) is 10.8. The van der Waals surface area contributed by atoms with E-state index >= 15 is 0 Å². The van der Waals surface area contributed by atoms with Gasteiger partial charge in [0.05, 0.1) is 6.61 Å². The van der Waals surface area contributed by atoms with Crippen molar-refractivity contribution in [2.24, 2.45) is 0 Å². The van der Waals surface area contributed by atoms with Crippen molar-refractivity contribution >= 4 is 12.4 Å². The Morgan fingerprint density at radius 1 is 1.43 bits per heavy atom. The summed E-state index contributed by atoms with van der Waals surface area (Å²) in [5, 5.41) is 0. The number of aromatic nitrogens is 1. The predicted molar refractivity (Wildman–Crippen MR) is 44.1 cm³/mol. The van der Waals surface area contributed by atoms with Crippen LogP contribution in [0.5, 0.6) is 5.88 Å². The number of rotatable bonds is 3. The molecule has 2 nitrogen and oxygen atoms in total. The molecule has 0 N–H and O–H groups in total. The monoisotopic (exact) mass is 208 g/mol. The Labute approximate surface area is 78.0 Å². The van der Waals surface area contributed by atoms with Crippen LogP contribution in [0.1, 0.15) is 6.92 Å². The van der Waals surface area contributed by atoms with Crippen molar-refractivity contribution in [1.29, 1.82) is 0 Å². The highest BCUT2D eigenvalue weighted by Crippen LogP contribution is 2.16. The zero-order valence-corrected chi connectivity index (χ0v) is 7.31. The lowest BCUT2D eigenvalue weighted by Crippen LogP contribution is -2.37. The maximum absolute atomic E-state index is 13.1. The molecule has 7 heteroatoms. The minimum Gasteiger partial charge on any atom is -0.476 e. The molecule has 0 saturated carbocycles. The van der Waals surface area contributed by atoms with Crippen molar-refractivity contribution in [2.45, 2.75) is 6.92 Å². The van der Waals surface area contributed by atoms with E-state index in [2.05, 4.69) is 9.72 Å². The van der Waals surface area contributed by atoms with Crippen LogP contribution >= 0.6 is 0 Å². The van der Waals surface area contributed by atoms with E-state index in [0.29, 0.717) is 6.07 Å². The fourth-order valence-corrected chi connectivity index (χ4v) is 0.929. The fraction of sp³-hybridized carbons (Fsp3) is 0.286. The van der Waals surface area contributed by atoms with Gasteiger partial charge in [0.1, 0.15) is 0 Å². The van der Waals surface area contributed by atoms with Crippen LogP contribution in [-0.4, -0.2) is 18.6 Å². The van der Waals surface area contributed by atoms with Crippen LogP contribution in [0.4, 0.5) is 17.3 Å². The molecule has 0 aromatic carbocycles. The third-order valence-electron chi connectivity index (χ3n) is 1.52. The summed E-state index contributed by atoms with van der Waals surface area (Å²) in [6.07, 6.45) is 0.874. The first-order chi connectivity index (χ1) is 6.46. The molecule has 1 aromatic rings. The van der Waals surface area contributed by atoms with Gasteiger partial charge in [-0.2, -0.15) is 0 Å². The Bertz CT molecular complexity index is 328. The third kappa shape index (κ3) is 2.15. The lowest BCUT2D eigenvalue weighted by molar-refractivity contribution is 0.307. The van der Waals surface area contributed by atoms with Crippen molar-refractivity contribution in [1.82, 2.24) is 4.98 Å². The lowest BCUT2D eigenvalue weighted by atomic mass is 9.80. The van der Waals surface area contributed by atoms with E-state index in [-0.39, 0.29) is 6.61 Å². The van der Waals surface area contributed by atoms with Crippen LogP contribution in [0.25, 0.3) is 0 Å². The zero-order valence-electron chi connectivity index (χ0n) is 7.31. The number of hydrogen-bond acceptors (Lipinski definition) is 2. The van der Waals surface area contributed by atoms with Gasteiger partial charge in [0.2, 0.25) is 5.88 Å². The van der Waals surface area contributed by atoms with Gasteiger partial charge in [-0.3, -0.25) is 0 Å². The maximum Gasteiger partial charge on any atom is 0.512 e. The van der Waals surface area contributed by atoms with Crippen molar-refractivity contribution in [3.63, 3.8) is 0 Å². The highest BCUT2D eigenvalue weighted by atomic mass is 19.4. The van der Waals surface area contributed by atoms with Gasteiger partial charge in [-0.1, -0.05) is 11.5 Å². The van der Waals surface area contributed by atoms with Crippen LogP contribution in [-0.2, 0) is 0 Å². The van der Waals surface area contributed by atoms with Gasteiger partial charge in [0.15, 0.2) is 5.82 Å². The van der Waals surface area contributed by atoms with Gasteiger partial charge in [0.25, 0.3) is 0 Å². The first kappa shape index (κ1) is 10.8. The second kappa shape index (κ2) is 3.85. The van der Waals surface area contributed by atoms with Gasteiger partial charge in [-0.25, -0.2) is 9.37 Å². The molecule has 0 aliphatic carbocycles. The van der Waals surface area contributed by atoms with Gasteiger partial charge < -0.3 is 17.7 Å². The Kier molecular flexibility index (Phi) is 2.98. The molecule has 0 bridgehead atoms. The molecule has 78 valence electrons. The van der Waals surface area contributed by atoms with Gasteiger partial charge in [-0.05, 0) is 6.92 Å². The van der Waals surface area contributed by atoms with Gasteiger partial charge >= 0.3 is 6.98 Å². The predicted octanol–water partition coefficient (Wildman–Crippen LogP) is 1.67. The second-order valence-corrected chi connectivity index (χ2v) is 2.53. The number of halogens is 4. The first-order valence-electron chi connectivity index (χ1n) is 3.94. The molecule has 0 aliphatic heterocycles. The molecule has 0 amide bonds. The summed E-state index contributed by atoms with van der Waals surface area (Å²) in [4.78, 5) is 3.35. The standard InChI is InChI=1S/C7H7BF4NO/c1-2-14-7-6(9)5(3-4-13-7)8(10,11)12/h3-4H,2H2,1H3/q-1. The average Bonchev–Trinajstić information content (AvgIpc) is 2.07. The lowest BCUT2D eigenvalue weighted by Gasteiger charge is -2.16. The van der Waals surface area contributed by atoms with Gasteiger partial charge in [-0.15, -0.1) is 0 Å².